The Bertz CT molecular complexity index is 3050. The number of imide groups is 2. The smallest absolute Gasteiger partial charge is 0.322 e. The van der Waals surface area contributed by atoms with Gasteiger partial charge in [-0.05, 0) is 130 Å². The molecule has 3 atom stereocenters. The molecule has 18 nitrogen and oxygen atoms in total. The molecule has 3 unspecified atom stereocenters. The van der Waals surface area contributed by atoms with E-state index in [1.54, 1.807) is 31.6 Å². The van der Waals surface area contributed by atoms with Crippen molar-refractivity contribution in [2.45, 2.75) is 121 Å². The number of anilines is 2. The van der Waals surface area contributed by atoms with E-state index in [9.17, 15) is 38.8 Å². The Hall–Kier alpha value is -8.17. The number of nitriles is 1. The van der Waals surface area contributed by atoms with Crippen LogP contribution < -0.4 is 36.5 Å². The molecule has 0 bridgehead atoms. The molecule has 0 spiro atoms. The van der Waals surface area contributed by atoms with Crippen LogP contribution in [0.5, 0.6) is 5.75 Å². The number of amides is 7. The molecule has 1 aliphatic carbocycles. The highest BCUT2D eigenvalue weighted by Gasteiger charge is 2.46. The van der Waals surface area contributed by atoms with E-state index in [0.717, 1.165) is 58.5 Å². The van der Waals surface area contributed by atoms with Crippen molar-refractivity contribution in [1.82, 2.24) is 30.4 Å². The molecule has 2 aromatic heterocycles. The third-order valence-electron chi connectivity index (χ3n) is 14.9. The van der Waals surface area contributed by atoms with Crippen molar-refractivity contribution in [2.24, 2.45) is 7.05 Å². The zero-order valence-corrected chi connectivity index (χ0v) is 42.9. The number of aromatic nitrogens is 2. The van der Waals surface area contributed by atoms with Crippen LogP contribution in [0.3, 0.4) is 0 Å². The van der Waals surface area contributed by atoms with Gasteiger partial charge in [-0.15, -0.1) is 0 Å². The van der Waals surface area contributed by atoms with Gasteiger partial charge in [-0.3, -0.25) is 43.9 Å². The molecule has 75 heavy (non-hydrogen) atoms. The van der Waals surface area contributed by atoms with Gasteiger partial charge in [-0.2, -0.15) is 5.26 Å². The Kier molecular flexibility index (Phi) is 16.2. The molecular weight excluding hydrogens is 955 g/mol. The second kappa shape index (κ2) is 22.9. The number of piperidine rings is 1. The Morgan fingerprint density at radius 1 is 0.867 bits per heavy atom. The number of benzene rings is 3. The molecule has 390 valence electrons. The third kappa shape index (κ3) is 12.1. The predicted molar refractivity (Wildman–Crippen MR) is 281 cm³/mol. The van der Waals surface area contributed by atoms with Gasteiger partial charge < -0.3 is 30.0 Å². The summed E-state index contributed by atoms with van der Waals surface area (Å²) in [5.74, 6) is -2.27. The second-order valence-corrected chi connectivity index (χ2v) is 19.9. The number of hydrogen-bond donors (Lipinski definition) is 4. The fourth-order valence-electron chi connectivity index (χ4n) is 9.88. The van der Waals surface area contributed by atoms with Gasteiger partial charge in [0, 0.05) is 68.4 Å². The number of ether oxygens (including phenoxy) is 2. The molecule has 4 heterocycles. The lowest BCUT2D eigenvalue weighted by molar-refractivity contribution is -0.136. The highest BCUT2D eigenvalue weighted by atomic mass is 16.5. The van der Waals surface area contributed by atoms with Crippen molar-refractivity contribution in [3.8, 4) is 22.9 Å². The van der Waals surface area contributed by atoms with E-state index in [1.165, 1.54) is 28.8 Å². The van der Waals surface area contributed by atoms with Crippen LogP contribution in [-0.2, 0) is 38.3 Å². The Balaban J connectivity index is 0.858. The van der Waals surface area contributed by atoms with Crippen LogP contribution >= 0.6 is 0 Å². The minimum Gasteiger partial charge on any atom is -0.483 e. The summed E-state index contributed by atoms with van der Waals surface area (Å²) in [6.45, 7) is 8.13. The minimum absolute atomic E-state index is 0.00568. The Morgan fingerprint density at radius 2 is 1.60 bits per heavy atom. The number of nitrogens with zero attached hydrogens (tertiary/aromatic N) is 5. The number of fused-ring (bicyclic) bond motifs is 1. The van der Waals surface area contributed by atoms with Gasteiger partial charge in [0.1, 0.15) is 23.7 Å². The molecular formula is C57H63N9O9. The summed E-state index contributed by atoms with van der Waals surface area (Å²) in [4.78, 5) is 97.9. The molecule has 1 saturated carbocycles. The first-order valence-corrected chi connectivity index (χ1v) is 25.5. The average molecular weight is 1020 g/mol. The molecule has 0 radical (unpaired) electrons. The average Bonchev–Trinajstić information content (AvgIpc) is 3.67. The normalized spacial score (nSPS) is 18.9. The summed E-state index contributed by atoms with van der Waals surface area (Å²) in [5.41, 5.74) is 3.52. The maximum Gasteiger partial charge on any atom is 0.322 e. The molecule has 3 aromatic carbocycles. The van der Waals surface area contributed by atoms with E-state index < -0.39 is 53.3 Å². The summed E-state index contributed by atoms with van der Waals surface area (Å²) in [6, 6.07) is 28.1. The second-order valence-electron chi connectivity index (χ2n) is 19.9. The van der Waals surface area contributed by atoms with Crippen LogP contribution in [0, 0.1) is 11.3 Å². The summed E-state index contributed by atoms with van der Waals surface area (Å²) in [7, 11) is 1.72. The van der Waals surface area contributed by atoms with E-state index in [4.69, 9.17) is 9.47 Å². The fraction of sp³-hybridized carbons (Fsp3) is 0.386. The van der Waals surface area contributed by atoms with E-state index in [2.05, 4.69) is 32.3 Å². The minimum atomic E-state index is -1.13. The lowest BCUT2D eigenvalue weighted by atomic mass is 9.89. The topological polar surface area (TPSA) is 234 Å². The van der Waals surface area contributed by atoms with E-state index >= 15 is 0 Å². The molecule has 1 saturated heterocycles. The van der Waals surface area contributed by atoms with Crippen LogP contribution in [-0.4, -0.2) is 86.9 Å². The lowest BCUT2D eigenvalue weighted by Crippen LogP contribution is -2.54. The van der Waals surface area contributed by atoms with Crippen molar-refractivity contribution in [3.05, 3.63) is 142 Å². The molecule has 18 heteroatoms. The molecule has 2 aliphatic heterocycles. The van der Waals surface area contributed by atoms with Gasteiger partial charge in [-0.1, -0.05) is 56.3 Å². The zero-order valence-electron chi connectivity index (χ0n) is 42.9. The summed E-state index contributed by atoms with van der Waals surface area (Å²) >= 11 is 0. The van der Waals surface area contributed by atoms with Crippen LogP contribution in [0.4, 0.5) is 16.3 Å². The molecule has 8 rings (SSSR count). The highest BCUT2D eigenvalue weighted by Crippen LogP contribution is 2.35. The summed E-state index contributed by atoms with van der Waals surface area (Å²) in [6.07, 6.45) is 8.22. The number of urea groups is 1. The number of pyridine rings is 2. The van der Waals surface area contributed by atoms with Gasteiger partial charge in [0.15, 0.2) is 6.61 Å². The SMILES string of the molecule is CCC(C)(CCOC(C)(CC)c1ccc(CNC(=O)N(c2ccc(-c3ccc(=O)n(C)c3)cc2)C2CCC(Nc3ccc(C#N)cn3)CC2)cc1)NC(=O)COc1cccc2c1C(=O)N(C1CCC(=O)NC1=O)C2=O. The van der Waals surface area contributed by atoms with Crippen LogP contribution in [0.1, 0.15) is 123 Å². The van der Waals surface area contributed by atoms with Gasteiger partial charge in [0.2, 0.25) is 17.4 Å². The van der Waals surface area contributed by atoms with E-state index in [1.807, 2.05) is 87.2 Å². The van der Waals surface area contributed by atoms with Crippen molar-refractivity contribution in [1.29, 1.82) is 5.26 Å². The van der Waals surface area contributed by atoms with Gasteiger partial charge in [0.25, 0.3) is 17.7 Å². The first kappa shape index (κ1) is 53.1. The van der Waals surface area contributed by atoms with Gasteiger partial charge in [0.05, 0.1) is 22.3 Å². The molecule has 4 N–H and O–H groups in total. The standard InChI is InChI=1S/C57H63N9O9/c1-6-56(3,63-49(68)35-74-46-10-8-9-44-51(46)54(72)66(53(44)71)45-25-27-48(67)62-52(45)70)29-30-75-57(4,7-2)40-17-11-36(12-18-40)32-60-55(73)65(42-21-14-38(15-22-42)39-16-28-50(69)64(5)34-39)43-23-19-41(20-24-43)61-47-26-13-37(31-58)33-59-47/h8-18,21-22,26,28,33-34,41,43,45H,6-7,19-20,23-25,27,29-30,32,35H2,1-5H3,(H,59,61)(H,60,73)(H,63,68)(H,62,67,70). The summed E-state index contributed by atoms with van der Waals surface area (Å²) in [5, 5.41) is 21.1. The first-order chi connectivity index (χ1) is 36.0. The first-order valence-electron chi connectivity index (χ1n) is 25.5. The van der Waals surface area contributed by atoms with Crippen molar-refractivity contribution in [3.63, 3.8) is 0 Å². The molecule has 2 fully saturated rings. The monoisotopic (exact) mass is 1020 g/mol. The van der Waals surface area contributed by atoms with E-state index in [0.29, 0.717) is 37.3 Å². The lowest BCUT2D eigenvalue weighted by Gasteiger charge is -2.37. The van der Waals surface area contributed by atoms with Gasteiger partial charge >= 0.3 is 6.03 Å². The Morgan fingerprint density at radius 3 is 2.25 bits per heavy atom. The van der Waals surface area contributed by atoms with Crippen LogP contribution in [0.15, 0.2) is 108 Å². The van der Waals surface area contributed by atoms with Crippen LogP contribution in [0.2, 0.25) is 0 Å². The number of carbonyl (C=O) groups excluding carboxylic acids is 6. The predicted octanol–water partition coefficient (Wildman–Crippen LogP) is 7.26. The number of hydrogen-bond acceptors (Lipinski definition) is 12. The van der Waals surface area contributed by atoms with Gasteiger partial charge in [-0.25, -0.2) is 9.78 Å². The quantitative estimate of drug-likeness (QED) is 0.0599. The van der Waals surface area contributed by atoms with Crippen molar-refractivity contribution < 1.29 is 38.2 Å². The number of aryl methyl sites for hydroxylation is 1. The molecule has 3 aliphatic rings. The van der Waals surface area contributed by atoms with Crippen molar-refractivity contribution in [2.75, 3.05) is 23.4 Å². The third-order valence-corrected chi connectivity index (χ3v) is 14.9. The largest absolute Gasteiger partial charge is 0.483 e. The highest BCUT2D eigenvalue weighted by molar-refractivity contribution is 6.24. The van der Waals surface area contributed by atoms with Crippen LogP contribution in [0.25, 0.3) is 11.1 Å². The van der Waals surface area contributed by atoms with E-state index in [-0.39, 0.29) is 59.9 Å². The fourth-order valence-corrected chi connectivity index (χ4v) is 9.88. The maximum absolute atomic E-state index is 14.3. The zero-order chi connectivity index (χ0) is 53.4. The molecule has 5 aromatic rings. The van der Waals surface area contributed by atoms with Crippen molar-refractivity contribution >= 4 is 47.1 Å². The number of rotatable bonds is 19. The maximum atomic E-state index is 14.3. The number of nitrogens with one attached hydrogen (secondary N) is 4. The summed E-state index contributed by atoms with van der Waals surface area (Å²) < 4.78 is 14.0. The number of carbonyl (C=O) groups is 6. The molecule has 7 amide bonds. The Labute approximate surface area is 435 Å².